The molecule has 0 aromatic rings. The topological polar surface area (TPSA) is 30.5 Å². The summed E-state index contributed by atoms with van der Waals surface area (Å²) < 4.78 is 10.3. The summed E-state index contributed by atoms with van der Waals surface area (Å²) in [6.45, 7) is 2.72. The van der Waals surface area contributed by atoms with Crippen LogP contribution in [0, 0.1) is 0 Å². The van der Waals surface area contributed by atoms with E-state index < -0.39 is 0 Å². The van der Waals surface area contributed by atoms with Crippen LogP contribution in [0.5, 0.6) is 0 Å². The molecule has 1 heterocycles. The first-order valence-electron chi connectivity index (χ1n) is 3.58. The molecule has 0 unspecified atom stereocenters. The Morgan fingerprint density at radius 3 is 2.40 bits per heavy atom. The highest BCUT2D eigenvalue weighted by atomic mass is 16.5. The van der Waals surface area contributed by atoms with E-state index in [0.29, 0.717) is 0 Å². The van der Waals surface area contributed by atoms with Gasteiger partial charge in [-0.3, -0.25) is 0 Å². The van der Waals surface area contributed by atoms with Gasteiger partial charge in [-0.05, 0) is 0 Å². The van der Waals surface area contributed by atoms with Gasteiger partial charge < -0.3 is 14.8 Å². The number of hydrogen-bond donors (Lipinski definition) is 1. The maximum atomic E-state index is 5.33. The molecule has 0 aromatic heterocycles. The first kappa shape index (κ1) is 7.98. The quantitative estimate of drug-likeness (QED) is 0.604. The fraction of sp³-hybridized carbons (Fsp3) is 1.00. The van der Waals surface area contributed by atoms with E-state index in [0.717, 1.165) is 26.1 Å². The lowest BCUT2D eigenvalue weighted by molar-refractivity contribution is -0.0686. The van der Waals surface area contributed by atoms with Gasteiger partial charge in [0.15, 0.2) is 0 Å². The van der Waals surface area contributed by atoms with E-state index in [1.165, 1.54) is 0 Å². The molecule has 1 fully saturated rings. The van der Waals surface area contributed by atoms with Crippen LogP contribution in [0.3, 0.4) is 0 Å². The van der Waals surface area contributed by atoms with Gasteiger partial charge in [-0.25, -0.2) is 0 Å². The zero-order valence-electron chi connectivity index (χ0n) is 6.64. The minimum absolute atomic E-state index is 0.0794. The van der Waals surface area contributed by atoms with Crippen LogP contribution in [0.2, 0.25) is 0 Å². The van der Waals surface area contributed by atoms with Crippen molar-refractivity contribution < 1.29 is 9.47 Å². The van der Waals surface area contributed by atoms with Crippen LogP contribution >= 0.6 is 0 Å². The molecule has 0 aliphatic carbocycles. The summed E-state index contributed by atoms with van der Waals surface area (Å²) in [5.74, 6) is 0. The first-order valence-corrected chi connectivity index (χ1v) is 3.58. The normalized spacial score (nSPS) is 22.2. The number of ether oxygens (including phenoxy) is 2. The fourth-order valence-corrected chi connectivity index (χ4v) is 1.12. The summed E-state index contributed by atoms with van der Waals surface area (Å²) in [6, 6.07) is 0. The van der Waals surface area contributed by atoms with E-state index in [9.17, 15) is 0 Å². The van der Waals surface area contributed by atoms with Crippen molar-refractivity contribution in [3.8, 4) is 0 Å². The van der Waals surface area contributed by atoms with Crippen LogP contribution in [0.4, 0.5) is 0 Å². The Kier molecular flexibility index (Phi) is 2.65. The summed E-state index contributed by atoms with van der Waals surface area (Å²) in [5, 5.41) is 3.18. The second kappa shape index (κ2) is 3.32. The highest BCUT2D eigenvalue weighted by molar-refractivity contribution is 4.93. The second-order valence-electron chi connectivity index (χ2n) is 2.73. The van der Waals surface area contributed by atoms with Gasteiger partial charge in [0.05, 0.1) is 5.60 Å². The van der Waals surface area contributed by atoms with Crippen molar-refractivity contribution in [3.63, 3.8) is 0 Å². The smallest absolute Gasteiger partial charge is 0.0947 e. The van der Waals surface area contributed by atoms with Gasteiger partial charge in [-0.2, -0.15) is 0 Å². The maximum Gasteiger partial charge on any atom is 0.0947 e. The van der Waals surface area contributed by atoms with Crippen molar-refractivity contribution >= 4 is 0 Å². The van der Waals surface area contributed by atoms with Gasteiger partial charge in [0.1, 0.15) is 0 Å². The van der Waals surface area contributed by atoms with Crippen molar-refractivity contribution in [2.75, 3.05) is 33.9 Å². The number of hydrogen-bond acceptors (Lipinski definition) is 3. The molecule has 0 saturated carbocycles. The Balaban J connectivity index is 2.20. The lowest BCUT2D eigenvalue weighted by atomic mass is 9.93. The van der Waals surface area contributed by atoms with Crippen LogP contribution in [-0.4, -0.2) is 39.5 Å². The van der Waals surface area contributed by atoms with E-state index in [2.05, 4.69) is 5.32 Å². The average Bonchev–Trinajstić information content (AvgIpc) is 1.87. The molecule has 0 aromatic carbocycles. The van der Waals surface area contributed by atoms with Crippen molar-refractivity contribution in [3.05, 3.63) is 0 Å². The molecular formula is C7H15NO2. The fourth-order valence-electron chi connectivity index (χ4n) is 1.12. The largest absolute Gasteiger partial charge is 0.385 e. The third kappa shape index (κ3) is 1.48. The SMILES string of the molecule is COCCC1(OC)CNC1. The van der Waals surface area contributed by atoms with Crippen LogP contribution in [-0.2, 0) is 9.47 Å². The molecule has 3 heteroatoms. The molecule has 1 N–H and O–H groups in total. The summed E-state index contributed by atoms with van der Waals surface area (Å²) in [4.78, 5) is 0. The highest BCUT2D eigenvalue weighted by Gasteiger charge is 2.36. The first-order chi connectivity index (χ1) is 4.83. The molecule has 1 saturated heterocycles. The van der Waals surface area contributed by atoms with Gasteiger partial charge in [0, 0.05) is 40.3 Å². The van der Waals surface area contributed by atoms with E-state index >= 15 is 0 Å². The average molecular weight is 145 g/mol. The molecule has 60 valence electrons. The Hall–Kier alpha value is -0.120. The highest BCUT2D eigenvalue weighted by Crippen LogP contribution is 2.19. The molecule has 10 heavy (non-hydrogen) atoms. The van der Waals surface area contributed by atoms with Crippen LogP contribution in [0.1, 0.15) is 6.42 Å². The predicted molar refractivity (Wildman–Crippen MR) is 39.1 cm³/mol. The van der Waals surface area contributed by atoms with Crippen molar-refractivity contribution in [2.24, 2.45) is 0 Å². The molecule has 1 aliphatic heterocycles. The van der Waals surface area contributed by atoms with Crippen LogP contribution < -0.4 is 5.32 Å². The molecule has 1 aliphatic rings. The molecule has 1 rings (SSSR count). The van der Waals surface area contributed by atoms with E-state index in [1.54, 1.807) is 14.2 Å². The standard InChI is InChI=1S/C7H15NO2/c1-9-4-3-7(10-2)5-8-6-7/h8H,3-6H2,1-2H3. The van der Waals surface area contributed by atoms with E-state index in [-0.39, 0.29) is 5.60 Å². The zero-order chi connectivity index (χ0) is 7.45. The van der Waals surface area contributed by atoms with E-state index in [4.69, 9.17) is 9.47 Å². The molecular weight excluding hydrogens is 130 g/mol. The lowest BCUT2D eigenvalue weighted by Crippen LogP contribution is -2.61. The second-order valence-corrected chi connectivity index (χ2v) is 2.73. The van der Waals surface area contributed by atoms with Gasteiger partial charge in [-0.1, -0.05) is 0 Å². The summed E-state index contributed by atoms with van der Waals surface area (Å²) >= 11 is 0. The van der Waals surface area contributed by atoms with Gasteiger partial charge in [-0.15, -0.1) is 0 Å². The Morgan fingerprint density at radius 2 is 2.10 bits per heavy atom. The molecule has 0 amide bonds. The van der Waals surface area contributed by atoms with Crippen molar-refractivity contribution in [1.29, 1.82) is 0 Å². The van der Waals surface area contributed by atoms with Crippen LogP contribution in [0.15, 0.2) is 0 Å². The lowest BCUT2D eigenvalue weighted by Gasteiger charge is -2.41. The van der Waals surface area contributed by atoms with Crippen molar-refractivity contribution in [2.45, 2.75) is 12.0 Å². The maximum absolute atomic E-state index is 5.33. The third-order valence-corrected chi connectivity index (χ3v) is 2.09. The Labute approximate surface area is 61.7 Å². The van der Waals surface area contributed by atoms with Crippen molar-refractivity contribution in [1.82, 2.24) is 5.32 Å². The summed E-state index contributed by atoms with van der Waals surface area (Å²) in [7, 11) is 3.48. The van der Waals surface area contributed by atoms with Gasteiger partial charge in [0.2, 0.25) is 0 Å². The number of methoxy groups -OCH3 is 2. The molecule has 0 radical (unpaired) electrons. The molecule has 0 spiro atoms. The third-order valence-electron chi connectivity index (χ3n) is 2.09. The molecule has 0 atom stereocenters. The summed E-state index contributed by atoms with van der Waals surface area (Å²) in [5.41, 5.74) is 0.0794. The zero-order valence-corrected chi connectivity index (χ0v) is 6.64. The Bertz CT molecular complexity index is 96.3. The summed E-state index contributed by atoms with van der Waals surface area (Å²) in [6.07, 6.45) is 0.993. The van der Waals surface area contributed by atoms with Gasteiger partial charge in [0.25, 0.3) is 0 Å². The monoisotopic (exact) mass is 145 g/mol. The van der Waals surface area contributed by atoms with Crippen LogP contribution in [0.25, 0.3) is 0 Å². The number of nitrogens with one attached hydrogen (secondary N) is 1. The molecule has 0 bridgehead atoms. The molecule has 3 nitrogen and oxygen atoms in total. The van der Waals surface area contributed by atoms with Gasteiger partial charge >= 0.3 is 0 Å². The minimum Gasteiger partial charge on any atom is -0.385 e. The Morgan fingerprint density at radius 1 is 1.40 bits per heavy atom. The predicted octanol–water partition coefficient (Wildman–Crippen LogP) is 0.0113. The minimum atomic E-state index is 0.0794. The van der Waals surface area contributed by atoms with E-state index in [1.807, 2.05) is 0 Å². The number of rotatable bonds is 4.